The summed E-state index contributed by atoms with van der Waals surface area (Å²) in [5, 5.41) is 14.8. The molecule has 0 saturated heterocycles. The highest BCUT2D eigenvalue weighted by atomic mass is 35.5. The predicted molar refractivity (Wildman–Crippen MR) is 244 cm³/mol. The summed E-state index contributed by atoms with van der Waals surface area (Å²) in [4.78, 5) is 29.5. The van der Waals surface area contributed by atoms with Crippen molar-refractivity contribution in [3.8, 4) is 34.4 Å². The lowest BCUT2D eigenvalue weighted by Gasteiger charge is -2.47. The SMILES string of the molecule is COc1ccccc1-c1nccc(CN(C)C[C@H]2COc3cc4c(cc3O2)C2(CCC(Nc3cccc(Cl)c3)(C(=O)O)CC2)[C@@H](C[C@@H](C)COc2ccnc3c2[C@H](C)CCC3)C4)n1. The molecule has 0 bridgehead atoms. The van der Waals surface area contributed by atoms with Crippen molar-refractivity contribution >= 4 is 23.3 Å². The van der Waals surface area contributed by atoms with Crippen LogP contribution in [-0.2, 0) is 29.6 Å². The van der Waals surface area contributed by atoms with Crippen molar-refractivity contribution in [3.05, 3.63) is 118 Å². The van der Waals surface area contributed by atoms with Gasteiger partial charge in [0.2, 0.25) is 0 Å². The predicted octanol–water partition coefficient (Wildman–Crippen LogP) is 9.94. The van der Waals surface area contributed by atoms with E-state index >= 15 is 0 Å². The van der Waals surface area contributed by atoms with Crippen LogP contribution in [-0.4, -0.2) is 76.5 Å². The van der Waals surface area contributed by atoms with E-state index in [1.807, 2.05) is 54.7 Å². The monoisotopic (exact) mass is 871 g/mol. The van der Waals surface area contributed by atoms with Crippen molar-refractivity contribution in [2.75, 3.05) is 39.2 Å². The first kappa shape index (κ1) is 42.9. The van der Waals surface area contributed by atoms with Crippen molar-refractivity contribution in [1.29, 1.82) is 0 Å². The second kappa shape index (κ2) is 18.0. The molecule has 4 aliphatic rings. The fourth-order valence-corrected chi connectivity index (χ4v) is 11.1. The first-order valence-electron chi connectivity index (χ1n) is 22.5. The Balaban J connectivity index is 0.938. The second-order valence-corrected chi connectivity index (χ2v) is 18.9. The zero-order chi connectivity index (χ0) is 43.7. The Labute approximate surface area is 375 Å². The van der Waals surface area contributed by atoms with Gasteiger partial charge in [0.25, 0.3) is 0 Å². The number of methoxy groups -OCH3 is 1. The smallest absolute Gasteiger partial charge is 0.329 e. The molecule has 3 aliphatic carbocycles. The zero-order valence-corrected chi connectivity index (χ0v) is 37.5. The molecule has 2 aromatic heterocycles. The topological polar surface area (TPSA) is 128 Å². The average molecular weight is 873 g/mol. The van der Waals surface area contributed by atoms with Gasteiger partial charge in [0.1, 0.15) is 29.7 Å². The number of ether oxygens (including phenoxy) is 4. The molecule has 0 amide bonds. The van der Waals surface area contributed by atoms with Crippen LogP contribution in [0.25, 0.3) is 11.4 Å². The number of rotatable bonds is 14. The van der Waals surface area contributed by atoms with E-state index in [0.717, 1.165) is 84.9 Å². The summed E-state index contributed by atoms with van der Waals surface area (Å²) in [6.07, 6.45) is 11.0. The second-order valence-electron chi connectivity index (χ2n) is 18.5. The Morgan fingerprint density at radius 3 is 2.65 bits per heavy atom. The number of pyridine rings is 1. The van der Waals surface area contributed by atoms with Crippen LogP contribution in [0.4, 0.5) is 5.69 Å². The van der Waals surface area contributed by atoms with Crippen LogP contribution in [0.15, 0.2) is 85.2 Å². The van der Waals surface area contributed by atoms with Crippen LogP contribution in [0, 0.1) is 11.8 Å². The number of nitrogens with one attached hydrogen (secondary N) is 1. The number of aliphatic carboxylic acids is 1. The maximum absolute atomic E-state index is 13.2. The van der Waals surface area contributed by atoms with E-state index in [9.17, 15) is 9.90 Å². The number of para-hydroxylation sites is 1. The maximum Gasteiger partial charge on any atom is 0.329 e. The Morgan fingerprint density at radius 1 is 1.02 bits per heavy atom. The third-order valence-corrected chi connectivity index (χ3v) is 14.3. The number of benzene rings is 3. The third kappa shape index (κ3) is 8.79. The molecular weight excluding hydrogens is 814 g/mol. The number of carbonyl (C=O) groups is 1. The lowest BCUT2D eigenvalue weighted by Crippen LogP contribution is -2.53. The maximum atomic E-state index is 13.2. The standard InChI is InChI=1S/C51H58ClN5O6/c1-32(30-61-44-16-22-53-42-13-7-9-33(2)47(42)44)23-35-24-34-25-45-46(27-41(34)50(35)17-19-51(20-18-50,49(58)59)56-37-11-8-10-36(52)26-37)63-39(31-62-45)29-57(3)28-38-15-21-54-48(55-38)40-12-5-6-14-43(40)60-4/h5-6,8,10-12,14-16,21-22,25-27,32-33,35,39,56H,7,9,13,17-20,23-24,28-31H2,1-4H3,(H,58,59)/t32-,33-,35+,39+,50?,51?/m1/s1. The number of carboxylic acid groups (broad SMARTS) is 1. The number of likely N-dealkylation sites (N-methyl/N-ethyl adjacent to an activating group) is 1. The van der Waals surface area contributed by atoms with Gasteiger partial charge in [-0.25, -0.2) is 14.8 Å². The highest BCUT2D eigenvalue weighted by Crippen LogP contribution is 2.58. The quantitative estimate of drug-likeness (QED) is 0.111. The van der Waals surface area contributed by atoms with Crippen molar-refractivity contribution in [1.82, 2.24) is 19.9 Å². The van der Waals surface area contributed by atoms with Crippen molar-refractivity contribution < 1.29 is 28.8 Å². The van der Waals surface area contributed by atoms with E-state index in [1.54, 1.807) is 25.4 Å². The molecule has 330 valence electrons. The molecule has 3 aromatic carbocycles. The number of hydrogen-bond acceptors (Lipinski definition) is 10. The number of nitrogens with zero attached hydrogens (tertiary/aromatic N) is 4. The normalized spacial score (nSPS) is 24.1. The van der Waals surface area contributed by atoms with Gasteiger partial charge in [0.15, 0.2) is 17.3 Å². The first-order valence-corrected chi connectivity index (χ1v) is 22.9. The van der Waals surface area contributed by atoms with Gasteiger partial charge in [-0.1, -0.05) is 43.6 Å². The van der Waals surface area contributed by atoms with Crippen molar-refractivity contribution in [2.24, 2.45) is 11.8 Å². The Hall–Kier alpha value is -5.39. The lowest BCUT2D eigenvalue weighted by atomic mass is 9.59. The zero-order valence-electron chi connectivity index (χ0n) is 36.7. The first-order chi connectivity index (χ1) is 30.5. The molecular formula is C51H58ClN5O6. The highest BCUT2D eigenvalue weighted by molar-refractivity contribution is 6.30. The Kier molecular flexibility index (Phi) is 12.3. The fourth-order valence-electron chi connectivity index (χ4n) is 10.9. The summed E-state index contributed by atoms with van der Waals surface area (Å²) in [7, 11) is 3.72. The number of fused-ring (bicyclic) bond motifs is 4. The van der Waals surface area contributed by atoms with Crippen LogP contribution in [0.5, 0.6) is 23.0 Å². The van der Waals surface area contributed by atoms with Gasteiger partial charge in [-0.15, -0.1) is 0 Å². The van der Waals surface area contributed by atoms with Gasteiger partial charge in [-0.2, -0.15) is 0 Å². The van der Waals surface area contributed by atoms with Gasteiger partial charge >= 0.3 is 5.97 Å². The molecule has 0 radical (unpaired) electrons. The third-order valence-electron chi connectivity index (χ3n) is 14.1. The van der Waals surface area contributed by atoms with Gasteiger partial charge < -0.3 is 29.4 Å². The minimum Gasteiger partial charge on any atom is -0.496 e. The molecule has 1 saturated carbocycles. The van der Waals surface area contributed by atoms with Crippen LogP contribution >= 0.6 is 11.6 Å². The van der Waals surface area contributed by atoms with Gasteiger partial charge in [0, 0.05) is 47.5 Å². The Bertz CT molecular complexity index is 2460. The molecule has 5 aromatic rings. The molecule has 11 nitrogen and oxygen atoms in total. The van der Waals surface area contributed by atoms with E-state index in [0.29, 0.717) is 55.9 Å². The summed E-state index contributed by atoms with van der Waals surface area (Å²) in [6, 6.07) is 23.5. The van der Waals surface area contributed by atoms with Crippen LogP contribution in [0.2, 0.25) is 5.02 Å². The molecule has 12 heteroatoms. The number of aromatic nitrogens is 3. The van der Waals surface area contributed by atoms with E-state index in [-0.39, 0.29) is 23.4 Å². The highest BCUT2D eigenvalue weighted by Gasteiger charge is 2.54. The van der Waals surface area contributed by atoms with Gasteiger partial charge in [-0.3, -0.25) is 9.88 Å². The summed E-state index contributed by atoms with van der Waals surface area (Å²) < 4.78 is 25.5. The molecule has 3 heterocycles. The van der Waals surface area contributed by atoms with Crippen LogP contribution in [0.3, 0.4) is 0 Å². The molecule has 9 rings (SSSR count). The summed E-state index contributed by atoms with van der Waals surface area (Å²) in [6.45, 7) is 6.85. The van der Waals surface area contributed by atoms with Crippen molar-refractivity contribution in [3.63, 3.8) is 0 Å². The largest absolute Gasteiger partial charge is 0.496 e. The molecule has 0 unspecified atom stereocenters. The van der Waals surface area contributed by atoms with Gasteiger partial charge in [0.05, 0.1) is 25.0 Å². The molecule has 1 aliphatic heterocycles. The van der Waals surface area contributed by atoms with Crippen LogP contribution in [0.1, 0.15) is 92.8 Å². The lowest BCUT2D eigenvalue weighted by molar-refractivity contribution is -0.144. The Morgan fingerprint density at radius 2 is 1.84 bits per heavy atom. The number of carboxylic acids is 1. The van der Waals surface area contributed by atoms with Crippen LogP contribution < -0.4 is 24.3 Å². The van der Waals surface area contributed by atoms with E-state index < -0.39 is 11.5 Å². The summed E-state index contributed by atoms with van der Waals surface area (Å²) in [5.41, 5.74) is 6.08. The number of aryl methyl sites for hydroxylation is 1. The number of halogens is 1. The molecule has 1 fully saturated rings. The number of anilines is 1. The van der Waals surface area contributed by atoms with Gasteiger partial charge in [-0.05, 0) is 154 Å². The molecule has 1 spiro atoms. The minimum absolute atomic E-state index is 0.198. The summed E-state index contributed by atoms with van der Waals surface area (Å²) in [5.74, 6) is 3.99. The number of hydrogen-bond donors (Lipinski definition) is 2. The average Bonchev–Trinajstić information content (AvgIpc) is 3.55. The van der Waals surface area contributed by atoms with E-state index in [1.165, 1.54) is 22.4 Å². The van der Waals surface area contributed by atoms with E-state index in [4.69, 9.17) is 40.5 Å². The molecule has 63 heavy (non-hydrogen) atoms. The fraction of sp³-hybridized carbons (Fsp3) is 0.451. The molecule has 2 N–H and O–H groups in total. The minimum atomic E-state index is -1.11. The molecule has 4 atom stereocenters. The van der Waals surface area contributed by atoms with Crippen molar-refractivity contribution in [2.45, 2.75) is 101 Å². The van der Waals surface area contributed by atoms with E-state index in [2.05, 4.69) is 48.2 Å². The summed E-state index contributed by atoms with van der Waals surface area (Å²) >= 11 is 6.35.